The van der Waals surface area contributed by atoms with E-state index in [9.17, 15) is 0 Å². The molecule has 1 aliphatic rings. The number of benzene rings is 1. The average Bonchev–Trinajstić information content (AvgIpc) is 2.62. The SMILES string of the molecule is Clc1ccc(CC2CCCC2)cc1. The van der Waals surface area contributed by atoms with Crippen molar-refractivity contribution in [3.63, 3.8) is 0 Å². The molecule has 13 heavy (non-hydrogen) atoms. The monoisotopic (exact) mass is 194 g/mol. The molecule has 0 unspecified atom stereocenters. The van der Waals surface area contributed by atoms with E-state index in [1.807, 2.05) is 12.1 Å². The lowest BCUT2D eigenvalue weighted by atomic mass is 9.98. The van der Waals surface area contributed by atoms with Crippen LogP contribution in [0.3, 0.4) is 0 Å². The molecule has 0 nitrogen and oxygen atoms in total. The number of halogens is 1. The van der Waals surface area contributed by atoms with Crippen LogP contribution >= 0.6 is 11.6 Å². The van der Waals surface area contributed by atoms with Gasteiger partial charge in [-0.1, -0.05) is 49.4 Å². The second-order valence-electron chi connectivity index (χ2n) is 3.98. The fourth-order valence-corrected chi connectivity index (χ4v) is 2.29. The molecule has 0 heterocycles. The maximum atomic E-state index is 5.83. The standard InChI is InChI=1S/C12H15Cl/c13-12-7-5-11(6-8-12)9-10-3-1-2-4-10/h5-8,10H,1-4,9H2. The summed E-state index contributed by atoms with van der Waals surface area (Å²) < 4.78 is 0. The molecule has 1 heteroatoms. The van der Waals surface area contributed by atoms with Crippen LogP contribution in [0.4, 0.5) is 0 Å². The van der Waals surface area contributed by atoms with E-state index < -0.39 is 0 Å². The van der Waals surface area contributed by atoms with E-state index in [0.29, 0.717) is 0 Å². The van der Waals surface area contributed by atoms with Crippen LogP contribution in [0.1, 0.15) is 31.2 Å². The molecule has 0 atom stereocenters. The molecular weight excluding hydrogens is 180 g/mol. The number of hydrogen-bond acceptors (Lipinski definition) is 0. The molecule has 0 spiro atoms. The van der Waals surface area contributed by atoms with E-state index in [-0.39, 0.29) is 0 Å². The van der Waals surface area contributed by atoms with Crippen molar-refractivity contribution in [1.29, 1.82) is 0 Å². The van der Waals surface area contributed by atoms with Gasteiger partial charge in [-0.25, -0.2) is 0 Å². The van der Waals surface area contributed by atoms with Gasteiger partial charge in [0, 0.05) is 5.02 Å². The van der Waals surface area contributed by atoms with Gasteiger partial charge in [0.2, 0.25) is 0 Å². The van der Waals surface area contributed by atoms with E-state index in [2.05, 4.69) is 12.1 Å². The maximum Gasteiger partial charge on any atom is 0.0406 e. The molecule has 2 rings (SSSR count). The first kappa shape index (κ1) is 9.08. The van der Waals surface area contributed by atoms with Crippen LogP contribution in [0, 0.1) is 5.92 Å². The van der Waals surface area contributed by atoms with Gasteiger partial charge in [0.25, 0.3) is 0 Å². The molecule has 1 fully saturated rings. The third kappa shape index (κ3) is 2.47. The maximum absolute atomic E-state index is 5.83. The molecule has 1 saturated carbocycles. The Bertz CT molecular complexity index is 257. The van der Waals surface area contributed by atoms with E-state index in [0.717, 1.165) is 10.9 Å². The van der Waals surface area contributed by atoms with Gasteiger partial charge in [-0.05, 0) is 30.0 Å². The van der Waals surface area contributed by atoms with Crippen molar-refractivity contribution >= 4 is 11.6 Å². The Kier molecular flexibility index (Phi) is 2.90. The summed E-state index contributed by atoms with van der Waals surface area (Å²) in [7, 11) is 0. The zero-order valence-corrected chi connectivity index (χ0v) is 8.56. The molecule has 1 aliphatic carbocycles. The minimum atomic E-state index is 0.843. The topological polar surface area (TPSA) is 0 Å². The molecule has 0 aromatic heterocycles. The molecule has 1 aromatic carbocycles. The molecule has 0 saturated heterocycles. The van der Waals surface area contributed by atoms with Crippen LogP contribution < -0.4 is 0 Å². The second kappa shape index (κ2) is 4.15. The van der Waals surface area contributed by atoms with Gasteiger partial charge in [0.05, 0.1) is 0 Å². The normalized spacial score (nSPS) is 17.9. The van der Waals surface area contributed by atoms with Gasteiger partial charge in [0.15, 0.2) is 0 Å². The van der Waals surface area contributed by atoms with Crippen LogP contribution in [0.25, 0.3) is 0 Å². The number of rotatable bonds is 2. The van der Waals surface area contributed by atoms with E-state index >= 15 is 0 Å². The molecule has 1 aromatic rings. The summed E-state index contributed by atoms with van der Waals surface area (Å²) in [5.41, 5.74) is 1.44. The largest absolute Gasteiger partial charge is 0.0843 e. The van der Waals surface area contributed by atoms with Crippen molar-refractivity contribution in [3.8, 4) is 0 Å². The van der Waals surface area contributed by atoms with Crippen LogP contribution in [-0.2, 0) is 6.42 Å². The van der Waals surface area contributed by atoms with Gasteiger partial charge < -0.3 is 0 Å². The Hall–Kier alpha value is -0.490. The molecule has 0 bridgehead atoms. The summed E-state index contributed by atoms with van der Waals surface area (Å²) in [6, 6.07) is 8.29. The highest BCUT2D eigenvalue weighted by molar-refractivity contribution is 6.30. The first-order chi connectivity index (χ1) is 6.34. The molecule has 0 amide bonds. The molecule has 0 N–H and O–H groups in total. The van der Waals surface area contributed by atoms with Crippen LogP contribution in [-0.4, -0.2) is 0 Å². The quantitative estimate of drug-likeness (QED) is 0.666. The smallest absolute Gasteiger partial charge is 0.0406 e. The fourth-order valence-electron chi connectivity index (χ4n) is 2.17. The third-order valence-corrected chi connectivity index (χ3v) is 3.16. The average molecular weight is 195 g/mol. The Balaban J connectivity index is 1.97. The van der Waals surface area contributed by atoms with Crippen molar-refractivity contribution in [1.82, 2.24) is 0 Å². The van der Waals surface area contributed by atoms with Gasteiger partial charge in [-0.3, -0.25) is 0 Å². The predicted octanol–water partition coefficient (Wildman–Crippen LogP) is 4.07. The Morgan fingerprint density at radius 2 is 1.69 bits per heavy atom. The predicted molar refractivity (Wildman–Crippen MR) is 57.1 cm³/mol. The van der Waals surface area contributed by atoms with Crippen LogP contribution in [0.5, 0.6) is 0 Å². The van der Waals surface area contributed by atoms with Crippen molar-refractivity contribution < 1.29 is 0 Å². The Morgan fingerprint density at radius 1 is 1.08 bits per heavy atom. The highest BCUT2D eigenvalue weighted by atomic mass is 35.5. The molecular formula is C12H15Cl. The summed E-state index contributed by atoms with van der Waals surface area (Å²) in [6.45, 7) is 0. The molecule has 0 aliphatic heterocycles. The summed E-state index contributed by atoms with van der Waals surface area (Å²) in [5.74, 6) is 0.932. The van der Waals surface area contributed by atoms with Gasteiger partial charge >= 0.3 is 0 Å². The molecule has 0 radical (unpaired) electrons. The summed E-state index contributed by atoms with van der Waals surface area (Å²) in [6.07, 6.45) is 6.94. The zero-order valence-electron chi connectivity index (χ0n) is 7.80. The van der Waals surface area contributed by atoms with Crippen molar-refractivity contribution in [3.05, 3.63) is 34.9 Å². The summed E-state index contributed by atoms with van der Waals surface area (Å²) in [5, 5.41) is 0.843. The Morgan fingerprint density at radius 3 is 2.31 bits per heavy atom. The minimum absolute atomic E-state index is 0.843. The summed E-state index contributed by atoms with van der Waals surface area (Å²) in [4.78, 5) is 0. The van der Waals surface area contributed by atoms with E-state index in [4.69, 9.17) is 11.6 Å². The lowest BCUT2D eigenvalue weighted by Crippen LogP contribution is -1.97. The van der Waals surface area contributed by atoms with Crippen molar-refractivity contribution in [2.45, 2.75) is 32.1 Å². The highest BCUT2D eigenvalue weighted by Crippen LogP contribution is 2.28. The number of hydrogen-bond donors (Lipinski definition) is 0. The van der Waals surface area contributed by atoms with E-state index in [1.54, 1.807) is 0 Å². The summed E-state index contributed by atoms with van der Waals surface area (Å²) >= 11 is 5.83. The van der Waals surface area contributed by atoms with Crippen LogP contribution in [0.15, 0.2) is 24.3 Å². The zero-order chi connectivity index (χ0) is 9.10. The minimum Gasteiger partial charge on any atom is -0.0843 e. The second-order valence-corrected chi connectivity index (χ2v) is 4.42. The van der Waals surface area contributed by atoms with Gasteiger partial charge in [-0.2, -0.15) is 0 Å². The van der Waals surface area contributed by atoms with E-state index in [1.165, 1.54) is 37.7 Å². The van der Waals surface area contributed by atoms with Gasteiger partial charge in [0.1, 0.15) is 0 Å². The molecule has 70 valence electrons. The van der Waals surface area contributed by atoms with Gasteiger partial charge in [-0.15, -0.1) is 0 Å². The van der Waals surface area contributed by atoms with Crippen molar-refractivity contribution in [2.24, 2.45) is 5.92 Å². The Labute approximate surface area is 84.9 Å². The third-order valence-electron chi connectivity index (χ3n) is 2.91. The van der Waals surface area contributed by atoms with Crippen molar-refractivity contribution in [2.75, 3.05) is 0 Å². The fraction of sp³-hybridized carbons (Fsp3) is 0.500. The lowest BCUT2D eigenvalue weighted by molar-refractivity contribution is 0.546. The highest BCUT2D eigenvalue weighted by Gasteiger charge is 2.14. The first-order valence-electron chi connectivity index (χ1n) is 5.09. The first-order valence-corrected chi connectivity index (χ1v) is 5.47. The van der Waals surface area contributed by atoms with Crippen LogP contribution in [0.2, 0.25) is 5.02 Å². The lowest BCUT2D eigenvalue weighted by Gasteiger charge is -2.08.